The number of rotatable bonds is 5. The summed E-state index contributed by atoms with van der Waals surface area (Å²) in [6.07, 6.45) is -0.863. The van der Waals surface area contributed by atoms with Gasteiger partial charge in [-0.25, -0.2) is 4.39 Å². The lowest BCUT2D eigenvalue weighted by molar-refractivity contribution is -0.125. The number of aromatic nitrogens is 3. The van der Waals surface area contributed by atoms with E-state index in [1.54, 1.807) is 37.3 Å². The van der Waals surface area contributed by atoms with E-state index < -0.39 is 12.0 Å². The zero-order chi connectivity index (χ0) is 24.4. The molecule has 0 aliphatic heterocycles. The van der Waals surface area contributed by atoms with Crippen molar-refractivity contribution in [3.05, 3.63) is 76.0 Å². The Balaban J connectivity index is 1.44. The molecule has 0 saturated heterocycles. The van der Waals surface area contributed by atoms with Crippen LogP contribution in [0.4, 0.5) is 10.1 Å². The van der Waals surface area contributed by atoms with E-state index in [9.17, 15) is 9.18 Å². The lowest BCUT2D eigenvalue weighted by Crippen LogP contribution is -2.42. The summed E-state index contributed by atoms with van der Waals surface area (Å²) in [7, 11) is 0. The molecule has 7 nitrogen and oxygen atoms in total. The Kier molecular flexibility index (Phi) is 6.97. The second-order valence-corrected chi connectivity index (χ2v) is 8.65. The van der Waals surface area contributed by atoms with Crippen LogP contribution in [0.1, 0.15) is 12.5 Å². The van der Waals surface area contributed by atoms with Crippen LogP contribution < -0.4 is 15.4 Å². The van der Waals surface area contributed by atoms with Crippen LogP contribution in [0.15, 0.2) is 54.6 Å². The molecule has 0 fully saturated rings. The van der Waals surface area contributed by atoms with Crippen LogP contribution in [0.3, 0.4) is 0 Å². The average molecular weight is 518 g/mol. The van der Waals surface area contributed by atoms with Gasteiger partial charge in [-0.2, -0.15) is 4.80 Å². The maximum Gasteiger partial charge on any atom is 0.266 e. The minimum absolute atomic E-state index is 0.0935. The van der Waals surface area contributed by atoms with Crippen molar-refractivity contribution in [1.82, 2.24) is 20.3 Å². The molecule has 1 atom stereocenters. The lowest BCUT2D eigenvalue weighted by Gasteiger charge is -2.17. The van der Waals surface area contributed by atoms with E-state index in [0.29, 0.717) is 38.2 Å². The van der Waals surface area contributed by atoms with Crippen LogP contribution >= 0.6 is 35.4 Å². The molecule has 1 amide bonds. The molecule has 0 aliphatic rings. The number of hydrogen-bond acceptors (Lipinski definition) is 5. The molecule has 0 aliphatic carbocycles. The highest BCUT2D eigenvalue weighted by Crippen LogP contribution is 2.28. The van der Waals surface area contributed by atoms with Gasteiger partial charge in [-0.05, 0) is 86.2 Å². The number of hydrogen-bond donors (Lipinski definition) is 2. The number of benzene rings is 3. The van der Waals surface area contributed by atoms with Crippen molar-refractivity contribution < 1.29 is 13.9 Å². The summed E-state index contributed by atoms with van der Waals surface area (Å²) in [5.41, 5.74) is 3.37. The van der Waals surface area contributed by atoms with Gasteiger partial charge in [0.15, 0.2) is 11.2 Å². The number of ether oxygens (including phenoxy) is 1. The molecule has 11 heteroatoms. The SMILES string of the molecule is Cc1cc2nn(-c3ccc(F)cc3)nc2cc1NC(=S)NC(=O)C(C)Oc1ccc(Cl)cc1Cl. The van der Waals surface area contributed by atoms with Crippen LogP contribution in [-0.2, 0) is 4.79 Å². The number of halogens is 3. The molecule has 4 rings (SSSR count). The van der Waals surface area contributed by atoms with E-state index in [4.69, 9.17) is 40.2 Å². The molecule has 0 bridgehead atoms. The van der Waals surface area contributed by atoms with Gasteiger partial charge in [0.05, 0.1) is 10.7 Å². The topological polar surface area (TPSA) is 81.1 Å². The number of nitrogens with zero attached hydrogens (tertiary/aromatic N) is 3. The summed E-state index contributed by atoms with van der Waals surface area (Å²) >= 11 is 17.3. The second kappa shape index (κ2) is 9.92. The summed E-state index contributed by atoms with van der Waals surface area (Å²) in [5, 5.41) is 15.3. The number of carbonyl (C=O) groups excluding carboxylic acids is 1. The van der Waals surface area contributed by atoms with E-state index in [1.165, 1.54) is 23.0 Å². The van der Waals surface area contributed by atoms with Crippen LogP contribution in [0.5, 0.6) is 5.75 Å². The first-order valence-electron chi connectivity index (χ1n) is 10.1. The fourth-order valence-electron chi connectivity index (χ4n) is 3.07. The van der Waals surface area contributed by atoms with Gasteiger partial charge in [0.1, 0.15) is 22.6 Å². The molecule has 3 aromatic carbocycles. The van der Waals surface area contributed by atoms with E-state index in [-0.39, 0.29) is 10.9 Å². The number of thiocarbonyl (C=S) groups is 1. The predicted molar refractivity (Wildman–Crippen MR) is 134 cm³/mol. The minimum Gasteiger partial charge on any atom is -0.479 e. The second-order valence-electron chi connectivity index (χ2n) is 7.40. The Morgan fingerprint density at radius 1 is 1.09 bits per heavy atom. The highest BCUT2D eigenvalue weighted by atomic mass is 35.5. The van der Waals surface area contributed by atoms with Crippen molar-refractivity contribution in [3.63, 3.8) is 0 Å². The zero-order valence-electron chi connectivity index (χ0n) is 18.0. The first kappa shape index (κ1) is 23.9. The molecule has 2 N–H and O–H groups in total. The number of anilines is 1. The molecule has 174 valence electrons. The monoisotopic (exact) mass is 517 g/mol. The normalized spacial score (nSPS) is 11.8. The van der Waals surface area contributed by atoms with Gasteiger partial charge >= 0.3 is 0 Å². The summed E-state index contributed by atoms with van der Waals surface area (Å²) in [6.45, 7) is 3.45. The molecule has 0 radical (unpaired) electrons. The predicted octanol–water partition coefficient (Wildman–Crippen LogP) is 5.46. The Bertz CT molecular complexity index is 1390. The number of carbonyl (C=O) groups is 1. The van der Waals surface area contributed by atoms with Crippen LogP contribution in [0.25, 0.3) is 16.7 Å². The van der Waals surface area contributed by atoms with Gasteiger partial charge in [-0.3, -0.25) is 10.1 Å². The lowest BCUT2D eigenvalue weighted by atomic mass is 10.2. The van der Waals surface area contributed by atoms with E-state index in [1.807, 2.05) is 13.0 Å². The van der Waals surface area contributed by atoms with Gasteiger partial charge in [0, 0.05) is 10.7 Å². The van der Waals surface area contributed by atoms with Gasteiger partial charge in [-0.15, -0.1) is 10.2 Å². The highest BCUT2D eigenvalue weighted by molar-refractivity contribution is 7.80. The average Bonchev–Trinajstić information content (AvgIpc) is 3.18. The van der Waals surface area contributed by atoms with Crippen molar-refractivity contribution in [1.29, 1.82) is 0 Å². The third-order valence-corrected chi connectivity index (χ3v) is 5.57. The molecule has 0 spiro atoms. The van der Waals surface area contributed by atoms with E-state index in [2.05, 4.69) is 20.8 Å². The maximum absolute atomic E-state index is 13.2. The molecule has 1 heterocycles. The van der Waals surface area contributed by atoms with Gasteiger partial charge in [0.25, 0.3) is 5.91 Å². The third kappa shape index (κ3) is 5.44. The largest absolute Gasteiger partial charge is 0.479 e. The Morgan fingerprint density at radius 2 is 1.76 bits per heavy atom. The van der Waals surface area contributed by atoms with Crippen molar-refractivity contribution in [2.45, 2.75) is 20.0 Å². The summed E-state index contributed by atoms with van der Waals surface area (Å²) in [5.74, 6) is -0.461. The van der Waals surface area contributed by atoms with Crippen molar-refractivity contribution >= 4 is 63.2 Å². The standard InChI is InChI=1S/C23H18Cl2FN5O2S/c1-12-9-19-20(30-31(29-19)16-6-4-15(26)5-7-16)11-18(12)27-23(34)28-22(32)13(2)33-21-8-3-14(24)10-17(21)25/h3-11,13H,1-2H3,(H2,27,28,32,34). The van der Waals surface area contributed by atoms with Gasteiger partial charge in [0.2, 0.25) is 0 Å². The summed E-state index contributed by atoms with van der Waals surface area (Å²) in [6, 6.07) is 14.2. The fourth-order valence-corrected chi connectivity index (χ4v) is 3.74. The zero-order valence-corrected chi connectivity index (χ0v) is 20.3. The van der Waals surface area contributed by atoms with Crippen LogP contribution in [-0.4, -0.2) is 32.1 Å². The molecular weight excluding hydrogens is 500 g/mol. The Labute approximate surface area is 209 Å². The summed E-state index contributed by atoms with van der Waals surface area (Å²) < 4.78 is 18.8. The Hall–Kier alpha value is -3.27. The smallest absolute Gasteiger partial charge is 0.266 e. The van der Waals surface area contributed by atoms with Crippen molar-refractivity contribution in [3.8, 4) is 11.4 Å². The molecule has 34 heavy (non-hydrogen) atoms. The van der Waals surface area contributed by atoms with E-state index in [0.717, 1.165) is 5.56 Å². The van der Waals surface area contributed by atoms with Crippen LogP contribution in [0, 0.1) is 12.7 Å². The number of nitrogens with one attached hydrogen (secondary N) is 2. The fraction of sp³-hybridized carbons (Fsp3) is 0.130. The van der Waals surface area contributed by atoms with Crippen LogP contribution in [0.2, 0.25) is 10.0 Å². The molecule has 1 unspecified atom stereocenters. The van der Waals surface area contributed by atoms with Crippen molar-refractivity contribution in [2.75, 3.05) is 5.32 Å². The number of amides is 1. The van der Waals surface area contributed by atoms with Crippen molar-refractivity contribution in [2.24, 2.45) is 0 Å². The van der Waals surface area contributed by atoms with Gasteiger partial charge in [-0.1, -0.05) is 23.2 Å². The minimum atomic E-state index is -0.863. The maximum atomic E-state index is 13.2. The summed E-state index contributed by atoms with van der Waals surface area (Å²) in [4.78, 5) is 13.9. The first-order chi connectivity index (χ1) is 16.2. The first-order valence-corrected chi connectivity index (χ1v) is 11.2. The molecule has 0 saturated carbocycles. The molecular formula is C23H18Cl2FN5O2S. The number of fused-ring (bicyclic) bond motifs is 1. The quantitative estimate of drug-likeness (QED) is 0.342. The van der Waals surface area contributed by atoms with E-state index >= 15 is 0 Å². The number of aryl methyl sites for hydroxylation is 1. The highest BCUT2D eigenvalue weighted by Gasteiger charge is 2.18. The third-order valence-electron chi connectivity index (χ3n) is 4.84. The van der Waals surface area contributed by atoms with Gasteiger partial charge < -0.3 is 10.1 Å². The molecule has 1 aromatic heterocycles. The molecule has 4 aromatic rings. The Morgan fingerprint density at radius 3 is 2.44 bits per heavy atom.